The number of hydrogen-bond donors (Lipinski definition) is 0. The molecule has 158 valence electrons. The second-order valence-electron chi connectivity index (χ2n) is 8.29. The van der Waals surface area contributed by atoms with E-state index in [-0.39, 0.29) is 0 Å². The first kappa shape index (κ1) is 20.1. The van der Waals surface area contributed by atoms with Gasteiger partial charge in [-0.05, 0) is 61.2 Å². The Morgan fingerprint density at radius 3 is 2.75 bits per heavy atom. The Bertz CT molecular complexity index is 1420. The maximum absolute atomic E-state index is 9.71. The van der Waals surface area contributed by atoms with Gasteiger partial charge in [0.25, 0.3) is 0 Å². The normalized spacial score (nSPS) is 14.2. The largest absolute Gasteiger partial charge is 0.488 e. The Hall–Kier alpha value is -3.84. The average Bonchev–Trinajstić information content (AvgIpc) is 3.09. The Kier molecular flexibility index (Phi) is 5.03. The first-order valence-electron chi connectivity index (χ1n) is 11.1. The highest BCUT2D eigenvalue weighted by atomic mass is 16.5. The van der Waals surface area contributed by atoms with Crippen molar-refractivity contribution >= 4 is 16.6 Å². The van der Waals surface area contributed by atoms with E-state index in [9.17, 15) is 5.26 Å². The number of aryl methyl sites for hydroxylation is 2. The van der Waals surface area contributed by atoms with Gasteiger partial charge in [0.15, 0.2) is 0 Å². The van der Waals surface area contributed by atoms with Crippen LogP contribution >= 0.6 is 0 Å². The lowest BCUT2D eigenvalue weighted by Gasteiger charge is -2.15. The van der Waals surface area contributed by atoms with Crippen molar-refractivity contribution in [2.75, 3.05) is 0 Å². The summed E-state index contributed by atoms with van der Waals surface area (Å²) in [5.74, 6) is 1.88. The number of ether oxygens (including phenoxy) is 1. The highest BCUT2D eigenvalue weighted by Gasteiger charge is 2.22. The van der Waals surface area contributed by atoms with Gasteiger partial charge in [-0.2, -0.15) is 5.26 Å². The van der Waals surface area contributed by atoms with E-state index in [0.29, 0.717) is 12.2 Å². The van der Waals surface area contributed by atoms with Crippen molar-refractivity contribution in [3.8, 4) is 17.5 Å². The lowest BCUT2D eigenvalue weighted by atomic mass is 9.91. The molecular formula is C28H25N3O. The van der Waals surface area contributed by atoms with E-state index in [2.05, 4.69) is 60.9 Å². The van der Waals surface area contributed by atoms with Crippen LogP contribution < -0.4 is 4.74 Å². The molecule has 0 bridgehead atoms. The summed E-state index contributed by atoms with van der Waals surface area (Å²) >= 11 is 0. The summed E-state index contributed by atoms with van der Waals surface area (Å²) in [5, 5.41) is 9.71. The molecule has 2 heterocycles. The third-order valence-corrected chi connectivity index (χ3v) is 6.13. The molecule has 1 aromatic heterocycles. The third-order valence-electron chi connectivity index (χ3n) is 6.13. The van der Waals surface area contributed by atoms with E-state index in [4.69, 9.17) is 9.72 Å². The highest BCUT2D eigenvalue weighted by molar-refractivity contribution is 5.89. The Morgan fingerprint density at radius 2 is 1.94 bits per heavy atom. The first-order chi connectivity index (χ1) is 15.6. The van der Waals surface area contributed by atoms with Gasteiger partial charge in [-0.25, -0.2) is 4.98 Å². The number of imidazole rings is 1. The first-order valence-corrected chi connectivity index (χ1v) is 11.1. The second-order valence-corrected chi connectivity index (χ2v) is 8.29. The predicted octanol–water partition coefficient (Wildman–Crippen LogP) is 6.52. The van der Waals surface area contributed by atoms with Crippen LogP contribution in [0.4, 0.5) is 0 Å². The number of rotatable bonds is 3. The number of aromatic nitrogens is 2. The number of allylic oxidation sites excluding steroid dienone is 1. The average molecular weight is 420 g/mol. The molecule has 4 heteroatoms. The molecule has 1 aliphatic heterocycles. The molecule has 4 aromatic rings. The predicted molar refractivity (Wildman–Crippen MR) is 128 cm³/mol. The summed E-state index contributed by atoms with van der Waals surface area (Å²) in [4.78, 5) is 4.98. The van der Waals surface area contributed by atoms with Gasteiger partial charge in [0.05, 0.1) is 17.1 Å². The van der Waals surface area contributed by atoms with Crippen molar-refractivity contribution in [1.82, 2.24) is 9.55 Å². The second kappa shape index (κ2) is 8.01. The summed E-state index contributed by atoms with van der Waals surface area (Å²) in [6, 6.07) is 23.1. The maximum Gasteiger partial charge on any atom is 0.127 e. The summed E-state index contributed by atoms with van der Waals surface area (Å²) in [5.41, 5.74) is 9.15. The number of para-hydroxylation sites is 2. The molecule has 0 N–H and O–H groups in total. The summed E-state index contributed by atoms with van der Waals surface area (Å²) in [6.45, 7) is 6.62. The zero-order chi connectivity index (χ0) is 22.2. The van der Waals surface area contributed by atoms with Crippen LogP contribution in [-0.2, 0) is 13.0 Å². The molecule has 0 radical (unpaired) electrons. The smallest absolute Gasteiger partial charge is 0.127 e. The number of benzene rings is 3. The van der Waals surface area contributed by atoms with E-state index < -0.39 is 0 Å². The Morgan fingerprint density at radius 1 is 1.09 bits per heavy atom. The zero-order valence-electron chi connectivity index (χ0n) is 18.6. The minimum atomic E-state index is 0.456. The van der Waals surface area contributed by atoms with Crippen LogP contribution in [0.25, 0.3) is 22.3 Å². The molecule has 0 spiro atoms. The van der Waals surface area contributed by atoms with Crippen molar-refractivity contribution in [3.05, 3.63) is 94.3 Å². The summed E-state index contributed by atoms with van der Waals surface area (Å²) in [7, 11) is 0. The van der Waals surface area contributed by atoms with Gasteiger partial charge in [-0.15, -0.1) is 0 Å². The van der Waals surface area contributed by atoms with Crippen molar-refractivity contribution in [2.24, 2.45) is 0 Å². The molecular weight excluding hydrogens is 394 g/mol. The van der Waals surface area contributed by atoms with Crippen molar-refractivity contribution in [2.45, 2.75) is 40.2 Å². The molecule has 0 aliphatic carbocycles. The Balaban J connectivity index is 1.74. The van der Waals surface area contributed by atoms with E-state index >= 15 is 0 Å². The van der Waals surface area contributed by atoms with Crippen LogP contribution in [0.2, 0.25) is 0 Å². The van der Waals surface area contributed by atoms with Gasteiger partial charge in [-0.1, -0.05) is 43.3 Å². The lowest BCUT2D eigenvalue weighted by molar-refractivity contribution is 0.307. The van der Waals surface area contributed by atoms with Gasteiger partial charge in [-0.3, -0.25) is 4.57 Å². The number of fused-ring (bicyclic) bond motifs is 3. The van der Waals surface area contributed by atoms with Gasteiger partial charge in [0.1, 0.15) is 18.2 Å². The molecule has 0 saturated heterocycles. The summed E-state index contributed by atoms with van der Waals surface area (Å²) in [6.07, 6.45) is 1.94. The van der Waals surface area contributed by atoms with Crippen LogP contribution in [0.5, 0.6) is 5.75 Å². The molecule has 0 fully saturated rings. The van der Waals surface area contributed by atoms with Crippen molar-refractivity contribution in [1.29, 1.82) is 5.26 Å². The standard InChI is InChI=1S/C28H25N3O/c1-4-8-26-30-28-18(2)9-7-11-24(28)31(26)21-13-14-22-20(15-21)17-32-25-12-6-5-10-23(25)27(22)19(3)16-29/h5-7,9-15H,4,8,17H2,1-3H3/b27-19+. The molecule has 0 atom stereocenters. The summed E-state index contributed by atoms with van der Waals surface area (Å²) < 4.78 is 8.46. The van der Waals surface area contributed by atoms with Crippen molar-refractivity contribution in [3.63, 3.8) is 0 Å². The minimum Gasteiger partial charge on any atom is -0.488 e. The van der Waals surface area contributed by atoms with E-state index in [1.807, 2.05) is 31.2 Å². The number of hydrogen-bond acceptors (Lipinski definition) is 3. The quantitative estimate of drug-likeness (QED) is 0.355. The van der Waals surface area contributed by atoms with Crippen molar-refractivity contribution < 1.29 is 4.74 Å². The van der Waals surface area contributed by atoms with Gasteiger partial charge in [0, 0.05) is 28.8 Å². The molecule has 4 nitrogen and oxygen atoms in total. The maximum atomic E-state index is 9.71. The monoisotopic (exact) mass is 419 g/mol. The fourth-order valence-corrected chi connectivity index (χ4v) is 4.61. The van der Waals surface area contributed by atoms with Gasteiger partial charge in [0.2, 0.25) is 0 Å². The van der Waals surface area contributed by atoms with Crippen LogP contribution in [0, 0.1) is 18.3 Å². The Labute approximate surface area is 188 Å². The fraction of sp³-hybridized carbons (Fsp3) is 0.214. The third kappa shape index (κ3) is 3.18. The molecule has 5 rings (SSSR count). The van der Waals surface area contributed by atoms with Crippen LogP contribution in [0.15, 0.2) is 66.2 Å². The topological polar surface area (TPSA) is 50.8 Å². The molecule has 3 aromatic carbocycles. The van der Waals surface area contributed by atoms with Gasteiger partial charge < -0.3 is 4.74 Å². The highest BCUT2D eigenvalue weighted by Crippen LogP contribution is 2.39. The fourth-order valence-electron chi connectivity index (χ4n) is 4.61. The lowest BCUT2D eigenvalue weighted by Crippen LogP contribution is -2.04. The van der Waals surface area contributed by atoms with Crippen LogP contribution in [0.1, 0.15) is 48.3 Å². The number of nitriles is 1. The molecule has 0 saturated carbocycles. The molecule has 0 unspecified atom stereocenters. The minimum absolute atomic E-state index is 0.456. The van der Waals surface area contributed by atoms with E-state index in [1.54, 1.807) is 0 Å². The molecule has 0 amide bonds. The molecule has 1 aliphatic rings. The molecule has 32 heavy (non-hydrogen) atoms. The van der Waals surface area contributed by atoms with Crippen LogP contribution in [0.3, 0.4) is 0 Å². The number of nitrogens with zero attached hydrogens (tertiary/aromatic N) is 3. The zero-order valence-corrected chi connectivity index (χ0v) is 18.6. The van der Waals surface area contributed by atoms with E-state index in [1.165, 1.54) is 5.56 Å². The van der Waals surface area contributed by atoms with E-state index in [0.717, 1.165) is 63.4 Å². The SMILES string of the molecule is CCCc1nc2c(C)cccc2n1-c1ccc2c(c1)COc1ccccc1/C2=C(\C)C#N. The van der Waals surface area contributed by atoms with Gasteiger partial charge >= 0.3 is 0 Å². The van der Waals surface area contributed by atoms with Crippen LogP contribution in [-0.4, -0.2) is 9.55 Å².